The van der Waals surface area contributed by atoms with Crippen LogP contribution in [0, 0.1) is 0 Å². The summed E-state index contributed by atoms with van der Waals surface area (Å²) in [5.74, 6) is 0.233. The maximum Gasteiger partial charge on any atom is 0.344 e. The first kappa shape index (κ1) is 16.5. The van der Waals surface area contributed by atoms with Crippen LogP contribution in [0.4, 0.5) is 5.69 Å². The largest absolute Gasteiger partial charge is 0.482 e. The molecule has 0 aliphatic rings. The van der Waals surface area contributed by atoms with Gasteiger partial charge in [0, 0.05) is 0 Å². The first-order chi connectivity index (χ1) is 11.1. The Labute approximate surface area is 135 Å². The van der Waals surface area contributed by atoms with Gasteiger partial charge >= 0.3 is 5.97 Å². The number of hydrazone groups is 1. The second-order valence-electron chi connectivity index (χ2n) is 5.13. The van der Waals surface area contributed by atoms with Gasteiger partial charge in [-0.25, -0.2) is 4.79 Å². The molecule has 0 saturated heterocycles. The van der Waals surface area contributed by atoms with E-state index in [-0.39, 0.29) is 18.7 Å². The van der Waals surface area contributed by atoms with E-state index < -0.39 is 0 Å². The minimum atomic E-state index is -0.377. The average molecular weight is 312 g/mol. The summed E-state index contributed by atoms with van der Waals surface area (Å²) in [4.78, 5) is 11.4. The van der Waals surface area contributed by atoms with Crippen molar-refractivity contribution in [2.75, 3.05) is 12.0 Å². The molecule has 0 saturated carbocycles. The van der Waals surface area contributed by atoms with Gasteiger partial charge in [0.15, 0.2) is 6.61 Å². The highest BCUT2D eigenvalue weighted by Crippen LogP contribution is 2.11. The molecule has 0 bridgehead atoms. The fourth-order valence-corrected chi connectivity index (χ4v) is 1.78. The zero-order valence-corrected chi connectivity index (χ0v) is 13.2. The van der Waals surface area contributed by atoms with Crippen molar-refractivity contribution in [3.8, 4) is 5.75 Å². The summed E-state index contributed by atoms with van der Waals surface area (Å²) < 4.78 is 10.4. The molecule has 23 heavy (non-hydrogen) atoms. The molecule has 0 fully saturated rings. The van der Waals surface area contributed by atoms with Crippen LogP contribution in [-0.2, 0) is 9.53 Å². The van der Waals surface area contributed by atoms with Gasteiger partial charge < -0.3 is 9.47 Å². The average Bonchev–Trinajstić information content (AvgIpc) is 2.54. The molecule has 5 nitrogen and oxygen atoms in total. The molecule has 0 spiro atoms. The molecule has 2 rings (SSSR count). The minimum absolute atomic E-state index is 0.0961. The Bertz CT molecular complexity index is 637. The van der Waals surface area contributed by atoms with Crippen LogP contribution in [0.2, 0.25) is 0 Å². The van der Waals surface area contributed by atoms with E-state index in [9.17, 15) is 4.79 Å². The number of carbonyl (C=O) groups excluding carboxylic acids is 1. The molecule has 2 aromatic carbocycles. The zero-order chi connectivity index (χ0) is 16.5. The molecule has 0 unspecified atom stereocenters. The van der Waals surface area contributed by atoms with Gasteiger partial charge in [0.25, 0.3) is 0 Å². The quantitative estimate of drug-likeness (QED) is 0.483. The molecule has 0 radical (unpaired) electrons. The third kappa shape index (κ3) is 6.22. The van der Waals surface area contributed by atoms with Gasteiger partial charge in [0.2, 0.25) is 0 Å². The first-order valence-electron chi connectivity index (χ1n) is 7.40. The van der Waals surface area contributed by atoms with Crippen LogP contribution in [0.15, 0.2) is 59.7 Å². The molecule has 0 aromatic heterocycles. The van der Waals surface area contributed by atoms with Crippen LogP contribution in [0.3, 0.4) is 0 Å². The lowest BCUT2D eigenvalue weighted by Crippen LogP contribution is -2.18. The van der Waals surface area contributed by atoms with Gasteiger partial charge in [-0.2, -0.15) is 5.10 Å². The fourth-order valence-electron chi connectivity index (χ4n) is 1.78. The number of ether oxygens (including phenoxy) is 2. The van der Waals surface area contributed by atoms with Gasteiger partial charge in [-0.1, -0.05) is 18.2 Å². The number of hydrogen-bond donors (Lipinski definition) is 1. The van der Waals surface area contributed by atoms with Crippen molar-refractivity contribution in [2.24, 2.45) is 5.10 Å². The van der Waals surface area contributed by atoms with Crippen molar-refractivity contribution >= 4 is 17.9 Å². The lowest BCUT2D eigenvalue weighted by atomic mass is 10.2. The van der Waals surface area contributed by atoms with Gasteiger partial charge in [0.05, 0.1) is 18.0 Å². The van der Waals surface area contributed by atoms with E-state index in [1.54, 1.807) is 32.2 Å². The molecule has 0 aliphatic heterocycles. The standard InChI is InChI=1S/C18H20N2O3/c1-14(2)23-18(21)13-22-17-10-8-15(9-11-17)12-19-20-16-6-4-3-5-7-16/h3-12,14,20H,13H2,1-2H3/b19-12-. The van der Waals surface area contributed by atoms with Crippen molar-refractivity contribution in [1.82, 2.24) is 0 Å². The Balaban J connectivity index is 1.81. The lowest BCUT2D eigenvalue weighted by molar-refractivity contribution is -0.149. The summed E-state index contributed by atoms with van der Waals surface area (Å²) in [5.41, 5.74) is 4.79. The molecule has 2 aromatic rings. The van der Waals surface area contributed by atoms with E-state index in [1.165, 1.54) is 0 Å². The minimum Gasteiger partial charge on any atom is -0.482 e. The molecule has 120 valence electrons. The van der Waals surface area contributed by atoms with Crippen LogP contribution < -0.4 is 10.2 Å². The van der Waals surface area contributed by atoms with Crippen molar-refractivity contribution in [3.05, 3.63) is 60.2 Å². The lowest BCUT2D eigenvalue weighted by Gasteiger charge is -2.09. The molecule has 0 heterocycles. The van der Waals surface area contributed by atoms with Crippen molar-refractivity contribution in [2.45, 2.75) is 20.0 Å². The third-order valence-corrected chi connectivity index (χ3v) is 2.78. The molecule has 0 aliphatic carbocycles. The number of rotatable bonds is 7. The Morgan fingerprint density at radius 3 is 2.48 bits per heavy atom. The van der Waals surface area contributed by atoms with Gasteiger partial charge in [0.1, 0.15) is 5.75 Å². The van der Waals surface area contributed by atoms with E-state index in [1.807, 2.05) is 42.5 Å². The summed E-state index contributed by atoms with van der Waals surface area (Å²) in [6, 6.07) is 17.0. The highest BCUT2D eigenvalue weighted by atomic mass is 16.6. The predicted octanol–water partition coefficient (Wildman–Crippen LogP) is 3.46. The second kappa shape index (κ2) is 8.58. The topological polar surface area (TPSA) is 59.9 Å². The maximum absolute atomic E-state index is 11.4. The normalized spacial score (nSPS) is 10.7. The number of esters is 1. The van der Waals surface area contributed by atoms with E-state index in [0.29, 0.717) is 5.75 Å². The molecule has 0 atom stereocenters. The highest BCUT2D eigenvalue weighted by Gasteiger charge is 2.06. The van der Waals surface area contributed by atoms with Crippen LogP contribution in [0.5, 0.6) is 5.75 Å². The van der Waals surface area contributed by atoms with Gasteiger partial charge in [-0.15, -0.1) is 0 Å². The summed E-state index contributed by atoms with van der Waals surface area (Å²) in [6.45, 7) is 3.51. The van der Waals surface area contributed by atoms with Gasteiger partial charge in [-0.3, -0.25) is 5.43 Å². The third-order valence-electron chi connectivity index (χ3n) is 2.78. The Morgan fingerprint density at radius 1 is 1.13 bits per heavy atom. The van der Waals surface area contributed by atoms with Crippen LogP contribution in [-0.4, -0.2) is 24.9 Å². The number of carbonyl (C=O) groups is 1. The number of benzene rings is 2. The molecular formula is C18H20N2O3. The molecule has 5 heteroatoms. The molecule has 0 amide bonds. The van der Waals surface area contributed by atoms with Crippen molar-refractivity contribution in [3.63, 3.8) is 0 Å². The van der Waals surface area contributed by atoms with E-state index in [2.05, 4.69) is 10.5 Å². The Kier molecular flexibility index (Phi) is 6.17. The number of hydrogen-bond acceptors (Lipinski definition) is 5. The van der Waals surface area contributed by atoms with E-state index in [4.69, 9.17) is 9.47 Å². The number of nitrogens with zero attached hydrogens (tertiary/aromatic N) is 1. The molecular weight excluding hydrogens is 292 g/mol. The summed E-state index contributed by atoms with van der Waals surface area (Å²) in [7, 11) is 0. The van der Waals surface area contributed by atoms with Crippen molar-refractivity contribution in [1.29, 1.82) is 0 Å². The summed E-state index contributed by atoms with van der Waals surface area (Å²) >= 11 is 0. The SMILES string of the molecule is CC(C)OC(=O)COc1ccc(/C=N\Nc2ccccc2)cc1. The highest BCUT2D eigenvalue weighted by molar-refractivity contribution is 5.80. The Morgan fingerprint density at radius 2 is 1.83 bits per heavy atom. The van der Waals surface area contributed by atoms with Crippen molar-refractivity contribution < 1.29 is 14.3 Å². The van der Waals surface area contributed by atoms with Crippen LogP contribution in [0.1, 0.15) is 19.4 Å². The smallest absolute Gasteiger partial charge is 0.344 e. The van der Waals surface area contributed by atoms with Crippen LogP contribution in [0.25, 0.3) is 0 Å². The maximum atomic E-state index is 11.4. The fraction of sp³-hybridized carbons (Fsp3) is 0.222. The van der Waals surface area contributed by atoms with E-state index >= 15 is 0 Å². The zero-order valence-electron chi connectivity index (χ0n) is 13.2. The predicted molar refractivity (Wildman–Crippen MR) is 90.8 cm³/mol. The molecule has 1 N–H and O–H groups in total. The Hall–Kier alpha value is -2.82. The number of nitrogens with one attached hydrogen (secondary N) is 1. The number of anilines is 1. The summed E-state index contributed by atoms with van der Waals surface area (Å²) in [5, 5.41) is 4.16. The van der Waals surface area contributed by atoms with Crippen LogP contribution >= 0.6 is 0 Å². The number of para-hydroxylation sites is 1. The van der Waals surface area contributed by atoms with E-state index in [0.717, 1.165) is 11.3 Å². The monoisotopic (exact) mass is 312 g/mol. The second-order valence-corrected chi connectivity index (χ2v) is 5.13. The first-order valence-corrected chi connectivity index (χ1v) is 7.40. The summed E-state index contributed by atoms with van der Waals surface area (Å²) in [6.07, 6.45) is 1.57. The van der Waals surface area contributed by atoms with Gasteiger partial charge in [-0.05, 0) is 55.8 Å².